The summed E-state index contributed by atoms with van der Waals surface area (Å²) in [6.45, 7) is 5.19. The molecule has 1 saturated heterocycles. The Hall–Kier alpha value is -2.27. The van der Waals surface area contributed by atoms with Crippen molar-refractivity contribution in [2.45, 2.75) is 32.2 Å². The number of nitrogens with one attached hydrogen (secondary N) is 1. The largest absolute Gasteiger partial charge is 0.494 e. The van der Waals surface area contributed by atoms with Crippen molar-refractivity contribution in [1.82, 2.24) is 10.2 Å². The molecule has 0 radical (unpaired) electrons. The monoisotopic (exact) mass is 342 g/mol. The highest BCUT2D eigenvalue weighted by atomic mass is 16.5. The summed E-state index contributed by atoms with van der Waals surface area (Å²) in [5.41, 5.74) is 0.639. The number of nitrogens with zero attached hydrogens (tertiary/aromatic N) is 1. The predicted octanol–water partition coefficient (Wildman–Crippen LogP) is 3.64. The van der Waals surface area contributed by atoms with E-state index in [0.717, 1.165) is 24.6 Å². The van der Waals surface area contributed by atoms with Crippen LogP contribution < -0.4 is 10.1 Å². The van der Waals surface area contributed by atoms with Gasteiger partial charge in [-0.3, -0.25) is 9.69 Å². The van der Waals surface area contributed by atoms with Gasteiger partial charge in [0.25, 0.3) is 5.91 Å². The van der Waals surface area contributed by atoms with Gasteiger partial charge < -0.3 is 14.5 Å². The summed E-state index contributed by atoms with van der Waals surface area (Å²) >= 11 is 0. The van der Waals surface area contributed by atoms with Crippen molar-refractivity contribution in [3.63, 3.8) is 0 Å². The van der Waals surface area contributed by atoms with Crippen LogP contribution in [0.1, 0.15) is 48.3 Å². The van der Waals surface area contributed by atoms with E-state index < -0.39 is 0 Å². The number of piperidine rings is 1. The molecule has 134 valence electrons. The van der Waals surface area contributed by atoms with Crippen molar-refractivity contribution < 1.29 is 13.9 Å². The number of ether oxygens (including phenoxy) is 1. The molecule has 25 heavy (non-hydrogen) atoms. The second kappa shape index (κ2) is 8.72. The topological polar surface area (TPSA) is 54.7 Å². The molecule has 1 amide bonds. The molecule has 1 aromatic carbocycles. The lowest BCUT2D eigenvalue weighted by atomic mass is 10.1. The van der Waals surface area contributed by atoms with E-state index in [4.69, 9.17) is 9.15 Å². The van der Waals surface area contributed by atoms with Gasteiger partial charge in [-0.25, -0.2) is 0 Å². The lowest BCUT2D eigenvalue weighted by Crippen LogP contribution is -2.40. The zero-order valence-electron chi connectivity index (χ0n) is 14.7. The third-order valence-corrected chi connectivity index (χ3v) is 4.59. The molecule has 0 saturated carbocycles. The first-order valence-electron chi connectivity index (χ1n) is 9.06. The lowest BCUT2D eigenvalue weighted by molar-refractivity contribution is 0.0914. The molecule has 1 aliphatic heterocycles. The number of rotatable bonds is 7. The first-order chi connectivity index (χ1) is 12.3. The van der Waals surface area contributed by atoms with E-state index >= 15 is 0 Å². The SMILES string of the molecule is CCOc1ccc(C(=O)NC[C@H](c2ccco2)N2CCCCC2)cc1. The van der Waals surface area contributed by atoms with Gasteiger partial charge in [-0.15, -0.1) is 0 Å². The fraction of sp³-hybridized carbons (Fsp3) is 0.450. The third kappa shape index (κ3) is 4.63. The molecular formula is C20H26N2O3. The molecule has 3 rings (SSSR count). The molecule has 1 aromatic heterocycles. The van der Waals surface area contributed by atoms with E-state index in [2.05, 4.69) is 10.2 Å². The first kappa shape index (κ1) is 17.5. The highest BCUT2D eigenvalue weighted by Crippen LogP contribution is 2.24. The molecule has 2 aromatic rings. The molecule has 1 fully saturated rings. The van der Waals surface area contributed by atoms with Crippen LogP contribution in [0.25, 0.3) is 0 Å². The molecule has 5 nitrogen and oxygen atoms in total. The number of benzene rings is 1. The quantitative estimate of drug-likeness (QED) is 0.835. The lowest BCUT2D eigenvalue weighted by Gasteiger charge is -2.33. The summed E-state index contributed by atoms with van der Waals surface area (Å²) in [4.78, 5) is 14.9. The summed E-state index contributed by atoms with van der Waals surface area (Å²) in [5.74, 6) is 1.62. The smallest absolute Gasteiger partial charge is 0.251 e. The number of furan rings is 1. The summed E-state index contributed by atoms with van der Waals surface area (Å²) in [6.07, 6.45) is 5.37. The van der Waals surface area contributed by atoms with E-state index in [0.29, 0.717) is 18.7 Å². The Morgan fingerprint density at radius 3 is 2.60 bits per heavy atom. The maximum atomic E-state index is 12.5. The van der Waals surface area contributed by atoms with Crippen molar-refractivity contribution in [3.05, 3.63) is 54.0 Å². The molecule has 0 aliphatic carbocycles. The second-order valence-corrected chi connectivity index (χ2v) is 6.30. The number of hydrogen-bond donors (Lipinski definition) is 1. The van der Waals surface area contributed by atoms with Gasteiger partial charge in [-0.05, 0) is 69.3 Å². The molecule has 2 heterocycles. The van der Waals surface area contributed by atoms with Crippen LogP contribution in [0.5, 0.6) is 5.75 Å². The Morgan fingerprint density at radius 2 is 1.96 bits per heavy atom. The Kier molecular flexibility index (Phi) is 6.12. The Balaban J connectivity index is 1.62. The van der Waals surface area contributed by atoms with Crippen LogP contribution in [-0.2, 0) is 0 Å². The number of carbonyl (C=O) groups is 1. The fourth-order valence-corrected chi connectivity index (χ4v) is 3.28. The van der Waals surface area contributed by atoms with Crippen LogP contribution in [0.4, 0.5) is 0 Å². The van der Waals surface area contributed by atoms with Gasteiger partial charge in [0.15, 0.2) is 0 Å². The van der Waals surface area contributed by atoms with E-state index in [1.54, 1.807) is 18.4 Å². The fourth-order valence-electron chi connectivity index (χ4n) is 3.28. The third-order valence-electron chi connectivity index (χ3n) is 4.59. The number of amides is 1. The Labute approximate surface area is 149 Å². The molecule has 1 N–H and O–H groups in total. The molecule has 1 atom stereocenters. The van der Waals surface area contributed by atoms with E-state index in [-0.39, 0.29) is 11.9 Å². The highest BCUT2D eigenvalue weighted by molar-refractivity contribution is 5.94. The number of carbonyl (C=O) groups excluding carboxylic acids is 1. The zero-order chi connectivity index (χ0) is 17.5. The summed E-state index contributed by atoms with van der Waals surface area (Å²) in [5, 5.41) is 3.05. The Bertz CT molecular complexity index is 646. The minimum absolute atomic E-state index is 0.0726. The highest BCUT2D eigenvalue weighted by Gasteiger charge is 2.25. The molecule has 1 aliphatic rings. The number of hydrogen-bond acceptors (Lipinski definition) is 4. The van der Waals surface area contributed by atoms with Crippen molar-refractivity contribution in [1.29, 1.82) is 0 Å². The molecule has 0 spiro atoms. The van der Waals surface area contributed by atoms with Gasteiger partial charge in [0.1, 0.15) is 11.5 Å². The standard InChI is InChI=1S/C20H26N2O3/c1-2-24-17-10-8-16(9-11-17)20(23)21-15-18(19-7-6-14-25-19)22-12-4-3-5-13-22/h6-11,14,18H,2-5,12-13,15H2,1H3,(H,21,23)/t18-/m1/s1. The predicted molar refractivity (Wildman–Crippen MR) is 96.8 cm³/mol. The number of likely N-dealkylation sites (tertiary alicyclic amines) is 1. The van der Waals surface area contributed by atoms with Gasteiger partial charge >= 0.3 is 0 Å². The van der Waals surface area contributed by atoms with Crippen molar-refractivity contribution in [2.75, 3.05) is 26.2 Å². The van der Waals surface area contributed by atoms with Crippen LogP contribution in [0.2, 0.25) is 0 Å². The van der Waals surface area contributed by atoms with Gasteiger partial charge in [0, 0.05) is 12.1 Å². The molecule has 0 unspecified atom stereocenters. The minimum atomic E-state index is -0.0726. The van der Waals surface area contributed by atoms with E-state index in [9.17, 15) is 4.79 Å². The second-order valence-electron chi connectivity index (χ2n) is 6.30. The minimum Gasteiger partial charge on any atom is -0.494 e. The average molecular weight is 342 g/mol. The van der Waals surface area contributed by atoms with Crippen molar-refractivity contribution in [3.8, 4) is 5.75 Å². The first-order valence-corrected chi connectivity index (χ1v) is 9.06. The van der Waals surface area contributed by atoms with Crippen molar-refractivity contribution >= 4 is 5.91 Å². The molecule has 5 heteroatoms. The van der Waals surface area contributed by atoms with Gasteiger partial charge in [0.2, 0.25) is 0 Å². The zero-order valence-corrected chi connectivity index (χ0v) is 14.7. The molecule has 0 bridgehead atoms. The summed E-state index contributed by atoms with van der Waals surface area (Å²) < 4.78 is 11.0. The van der Waals surface area contributed by atoms with Crippen LogP contribution in [0, 0.1) is 0 Å². The normalized spacial score (nSPS) is 16.4. The maximum absolute atomic E-state index is 12.5. The van der Waals surface area contributed by atoms with Gasteiger partial charge in [-0.1, -0.05) is 6.42 Å². The van der Waals surface area contributed by atoms with Crippen LogP contribution in [-0.4, -0.2) is 37.0 Å². The maximum Gasteiger partial charge on any atom is 0.251 e. The Morgan fingerprint density at radius 1 is 1.20 bits per heavy atom. The van der Waals surface area contributed by atoms with Crippen LogP contribution in [0.3, 0.4) is 0 Å². The summed E-state index contributed by atoms with van der Waals surface area (Å²) in [6, 6.07) is 11.2. The van der Waals surface area contributed by atoms with Gasteiger partial charge in [0.05, 0.1) is 18.9 Å². The van der Waals surface area contributed by atoms with Crippen LogP contribution in [0.15, 0.2) is 47.1 Å². The van der Waals surface area contributed by atoms with Crippen LogP contribution >= 0.6 is 0 Å². The van der Waals surface area contributed by atoms with Gasteiger partial charge in [-0.2, -0.15) is 0 Å². The van der Waals surface area contributed by atoms with E-state index in [1.165, 1.54) is 19.3 Å². The summed E-state index contributed by atoms with van der Waals surface area (Å²) in [7, 11) is 0. The molecular weight excluding hydrogens is 316 g/mol. The van der Waals surface area contributed by atoms with Crippen molar-refractivity contribution in [2.24, 2.45) is 0 Å². The van der Waals surface area contributed by atoms with E-state index in [1.807, 2.05) is 31.2 Å². The average Bonchev–Trinajstić information content (AvgIpc) is 3.18.